The number of rotatable bonds is 3. The maximum absolute atomic E-state index is 12.9. The van der Waals surface area contributed by atoms with Crippen molar-refractivity contribution in [2.45, 2.75) is 24.9 Å². The van der Waals surface area contributed by atoms with Gasteiger partial charge in [-0.25, -0.2) is 0 Å². The highest BCUT2D eigenvalue weighted by atomic mass is 16.2. The fourth-order valence-corrected chi connectivity index (χ4v) is 3.62. The standard InChI is InChI=1S/C17H18N4O4/c1-18-9-7-20(8-9)11-4-2-3-10-14(11)17(25)21(16(10)24)12-5-6-13(22)19-15(12)23/h2-4,9,12,18H,5-8H2,1H3,(H,19,22,23). The Labute approximate surface area is 144 Å². The molecule has 0 saturated carbocycles. The van der Waals surface area contributed by atoms with Crippen LogP contribution in [0.4, 0.5) is 5.69 Å². The summed E-state index contributed by atoms with van der Waals surface area (Å²) in [4.78, 5) is 52.2. The number of carbonyl (C=O) groups is 4. The molecule has 1 atom stereocenters. The van der Waals surface area contributed by atoms with Gasteiger partial charge in [-0.05, 0) is 25.6 Å². The largest absolute Gasteiger partial charge is 0.368 e. The van der Waals surface area contributed by atoms with Crippen LogP contribution in [-0.2, 0) is 9.59 Å². The van der Waals surface area contributed by atoms with Crippen molar-refractivity contribution in [3.63, 3.8) is 0 Å². The monoisotopic (exact) mass is 342 g/mol. The Morgan fingerprint density at radius 2 is 1.88 bits per heavy atom. The number of carbonyl (C=O) groups excluding carboxylic acids is 4. The molecule has 2 fully saturated rings. The average Bonchev–Trinajstić information content (AvgIpc) is 2.79. The number of amides is 4. The first-order valence-corrected chi connectivity index (χ1v) is 8.28. The summed E-state index contributed by atoms with van der Waals surface area (Å²) in [5.74, 6) is -1.90. The lowest BCUT2D eigenvalue weighted by Crippen LogP contribution is -2.57. The summed E-state index contributed by atoms with van der Waals surface area (Å²) in [6.45, 7) is 1.51. The number of piperidine rings is 1. The molecule has 2 saturated heterocycles. The Morgan fingerprint density at radius 3 is 2.56 bits per heavy atom. The molecule has 0 aliphatic carbocycles. The van der Waals surface area contributed by atoms with Crippen molar-refractivity contribution in [2.75, 3.05) is 25.0 Å². The van der Waals surface area contributed by atoms with Crippen molar-refractivity contribution in [3.8, 4) is 0 Å². The van der Waals surface area contributed by atoms with Gasteiger partial charge in [0.15, 0.2) is 0 Å². The minimum Gasteiger partial charge on any atom is -0.368 e. The highest BCUT2D eigenvalue weighted by Crippen LogP contribution is 2.35. The van der Waals surface area contributed by atoms with E-state index in [0.717, 1.165) is 23.7 Å². The second-order valence-corrected chi connectivity index (χ2v) is 6.54. The SMILES string of the molecule is CNC1CN(c2cccc3c2C(=O)N(C2CCC(=O)NC2=O)C3=O)C1. The average molecular weight is 342 g/mol. The fraction of sp³-hybridized carbons (Fsp3) is 0.412. The van der Waals surface area contributed by atoms with E-state index in [2.05, 4.69) is 10.6 Å². The molecule has 0 bridgehead atoms. The van der Waals surface area contributed by atoms with E-state index in [-0.39, 0.29) is 18.7 Å². The van der Waals surface area contributed by atoms with E-state index in [4.69, 9.17) is 0 Å². The second kappa shape index (κ2) is 5.66. The smallest absolute Gasteiger partial charge is 0.264 e. The molecule has 4 rings (SSSR count). The van der Waals surface area contributed by atoms with Crippen LogP contribution in [0.25, 0.3) is 0 Å². The molecule has 3 aliphatic rings. The lowest BCUT2D eigenvalue weighted by atomic mass is 10.0. The lowest BCUT2D eigenvalue weighted by Gasteiger charge is -2.41. The van der Waals surface area contributed by atoms with Gasteiger partial charge in [0.25, 0.3) is 11.8 Å². The summed E-state index contributed by atoms with van der Waals surface area (Å²) in [7, 11) is 1.89. The van der Waals surface area contributed by atoms with Crippen molar-refractivity contribution < 1.29 is 19.2 Å². The first-order valence-electron chi connectivity index (χ1n) is 8.28. The summed E-state index contributed by atoms with van der Waals surface area (Å²) in [5, 5.41) is 5.38. The Bertz CT molecular complexity index is 800. The van der Waals surface area contributed by atoms with E-state index >= 15 is 0 Å². The third kappa shape index (κ3) is 2.32. The van der Waals surface area contributed by atoms with Crippen LogP contribution in [0.5, 0.6) is 0 Å². The maximum Gasteiger partial charge on any atom is 0.264 e. The third-order valence-corrected chi connectivity index (χ3v) is 5.08. The number of likely N-dealkylation sites (N-methyl/N-ethyl adjacent to an activating group) is 1. The minimum atomic E-state index is -0.931. The molecular formula is C17H18N4O4. The summed E-state index contributed by atoms with van der Waals surface area (Å²) in [6, 6.07) is 4.61. The Morgan fingerprint density at radius 1 is 1.12 bits per heavy atom. The molecule has 1 unspecified atom stereocenters. The van der Waals surface area contributed by atoms with Gasteiger partial charge in [0, 0.05) is 25.6 Å². The van der Waals surface area contributed by atoms with Crippen LogP contribution in [0.3, 0.4) is 0 Å². The highest BCUT2D eigenvalue weighted by molar-refractivity contribution is 6.25. The van der Waals surface area contributed by atoms with Gasteiger partial charge in [-0.15, -0.1) is 0 Å². The summed E-state index contributed by atoms with van der Waals surface area (Å²) in [6.07, 6.45) is 0.281. The molecule has 1 aromatic carbocycles. The van der Waals surface area contributed by atoms with Crippen LogP contribution in [0.2, 0.25) is 0 Å². The second-order valence-electron chi connectivity index (χ2n) is 6.54. The molecule has 4 amide bonds. The normalized spacial score (nSPS) is 23.6. The minimum absolute atomic E-state index is 0.118. The third-order valence-electron chi connectivity index (χ3n) is 5.08. The van der Waals surface area contributed by atoms with E-state index in [0.29, 0.717) is 17.2 Å². The van der Waals surface area contributed by atoms with E-state index in [1.165, 1.54) is 0 Å². The molecule has 130 valence electrons. The number of benzene rings is 1. The van der Waals surface area contributed by atoms with Crippen molar-refractivity contribution in [1.29, 1.82) is 0 Å². The molecule has 1 aromatic rings. The Kier molecular flexibility index (Phi) is 3.57. The van der Waals surface area contributed by atoms with Crippen molar-refractivity contribution in [3.05, 3.63) is 29.3 Å². The molecule has 8 nitrogen and oxygen atoms in total. The van der Waals surface area contributed by atoms with Gasteiger partial charge in [0.1, 0.15) is 6.04 Å². The number of fused-ring (bicyclic) bond motifs is 1. The quantitative estimate of drug-likeness (QED) is 0.719. The van der Waals surface area contributed by atoms with Crippen molar-refractivity contribution >= 4 is 29.3 Å². The number of hydrogen-bond donors (Lipinski definition) is 2. The van der Waals surface area contributed by atoms with Gasteiger partial charge in [-0.1, -0.05) is 6.07 Å². The van der Waals surface area contributed by atoms with Crippen LogP contribution >= 0.6 is 0 Å². The van der Waals surface area contributed by atoms with Crippen LogP contribution in [0, 0.1) is 0 Å². The molecule has 8 heteroatoms. The van der Waals surface area contributed by atoms with Gasteiger partial charge < -0.3 is 10.2 Å². The molecule has 3 aliphatic heterocycles. The van der Waals surface area contributed by atoms with Gasteiger partial charge in [0.05, 0.1) is 16.8 Å². The molecule has 0 radical (unpaired) electrons. The van der Waals surface area contributed by atoms with Gasteiger partial charge >= 0.3 is 0 Å². The summed E-state index contributed by atoms with van der Waals surface area (Å²) >= 11 is 0. The van der Waals surface area contributed by atoms with E-state index in [1.54, 1.807) is 12.1 Å². The highest BCUT2D eigenvalue weighted by Gasteiger charge is 2.46. The predicted octanol–water partition coefficient (Wildman–Crippen LogP) is -0.504. The van der Waals surface area contributed by atoms with Gasteiger partial charge in [0.2, 0.25) is 11.8 Å². The molecule has 3 heterocycles. The number of hydrogen-bond acceptors (Lipinski definition) is 6. The lowest BCUT2D eigenvalue weighted by molar-refractivity contribution is -0.136. The van der Waals surface area contributed by atoms with Crippen LogP contribution < -0.4 is 15.5 Å². The molecule has 0 aromatic heterocycles. The molecule has 0 spiro atoms. The Hall–Kier alpha value is -2.74. The fourth-order valence-electron chi connectivity index (χ4n) is 3.62. The first kappa shape index (κ1) is 15.8. The van der Waals surface area contributed by atoms with Crippen molar-refractivity contribution in [2.24, 2.45) is 0 Å². The van der Waals surface area contributed by atoms with Crippen LogP contribution in [-0.4, -0.2) is 60.7 Å². The maximum atomic E-state index is 12.9. The number of imide groups is 2. The van der Waals surface area contributed by atoms with E-state index in [9.17, 15) is 19.2 Å². The van der Waals surface area contributed by atoms with E-state index in [1.807, 2.05) is 18.0 Å². The number of nitrogens with zero attached hydrogens (tertiary/aromatic N) is 2. The topological polar surface area (TPSA) is 98.8 Å². The zero-order chi connectivity index (χ0) is 17.7. The summed E-state index contributed by atoms with van der Waals surface area (Å²) in [5.41, 5.74) is 1.39. The molecule has 25 heavy (non-hydrogen) atoms. The Balaban J connectivity index is 1.66. The predicted molar refractivity (Wildman–Crippen MR) is 88.2 cm³/mol. The number of anilines is 1. The summed E-state index contributed by atoms with van der Waals surface area (Å²) < 4.78 is 0. The van der Waals surface area contributed by atoms with Gasteiger partial charge in [-0.3, -0.25) is 29.4 Å². The first-order chi connectivity index (χ1) is 12.0. The van der Waals surface area contributed by atoms with Crippen molar-refractivity contribution in [1.82, 2.24) is 15.5 Å². The zero-order valence-electron chi connectivity index (χ0n) is 13.7. The molecular weight excluding hydrogens is 324 g/mol. The zero-order valence-corrected chi connectivity index (χ0v) is 13.7. The number of nitrogens with one attached hydrogen (secondary N) is 2. The van der Waals surface area contributed by atoms with Gasteiger partial charge in [-0.2, -0.15) is 0 Å². The molecule has 2 N–H and O–H groups in total. The van der Waals surface area contributed by atoms with Crippen LogP contribution in [0.1, 0.15) is 33.6 Å². The van der Waals surface area contributed by atoms with E-state index < -0.39 is 23.8 Å². The van der Waals surface area contributed by atoms with Crippen LogP contribution in [0.15, 0.2) is 18.2 Å².